The lowest BCUT2D eigenvalue weighted by atomic mass is 9.82. The molecular weight excluding hydrogens is 761 g/mol. The first kappa shape index (κ1) is 38.4. The predicted molar refractivity (Wildman–Crippen MR) is 224 cm³/mol. The van der Waals surface area contributed by atoms with Crippen molar-refractivity contribution in [1.82, 2.24) is 15.0 Å². The maximum atomic E-state index is 14.8. The van der Waals surface area contributed by atoms with Gasteiger partial charge in [0, 0.05) is 35.6 Å². The monoisotopic (exact) mass is 802 g/mol. The number of hydrogen-bond donors (Lipinski definition) is 2. The Hall–Kier alpha value is -7.09. The maximum Gasteiger partial charge on any atom is 0.269 e. The fourth-order valence-electron chi connectivity index (χ4n) is 8.26. The molecule has 3 aliphatic heterocycles. The van der Waals surface area contributed by atoms with E-state index in [-0.39, 0.29) is 44.1 Å². The summed E-state index contributed by atoms with van der Waals surface area (Å²) >= 11 is 0. The third kappa shape index (κ3) is 6.87. The predicted octanol–water partition coefficient (Wildman–Crippen LogP) is 6.53. The summed E-state index contributed by atoms with van der Waals surface area (Å²) in [4.78, 5) is 46.1. The maximum absolute atomic E-state index is 14.8. The number of carbonyl (C=O) groups excluding carboxylic acids is 3. The first-order chi connectivity index (χ1) is 29.2. The Balaban J connectivity index is 1.01. The van der Waals surface area contributed by atoms with Crippen LogP contribution in [0.5, 0.6) is 11.5 Å². The van der Waals surface area contributed by atoms with Gasteiger partial charge in [0.2, 0.25) is 0 Å². The zero-order valence-corrected chi connectivity index (χ0v) is 32.8. The van der Waals surface area contributed by atoms with E-state index < -0.39 is 17.4 Å². The van der Waals surface area contributed by atoms with Crippen molar-refractivity contribution in [2.75, 3.05) is 34.5 Å². The fourth-order valence-corrected chi connectivity index (χ4v) is 8.26. The molecule has 3 atom stereocenters. The van der Waals surface area contributed by atoms with E-state index in [1.165, 1.54) is 0 Å². The first-order valence-electron chi connectivity index (χ1n) is 19.8. The molecule has 6 aromatic rings. The van der Waals surface area contributed by atoms with Crippen molar-refractivity contribution in [3.63, 3.8) is 0 Å². The number of carbonyl (C=O) groups is 3. The molecule has 0 saturated carbocycles. The van der Waals surface area contributed by atoms with Crippen molar-refractivity contribution in [2.24, 2.45) is 5.92 Å². The third-order valence-electron chi connectivity index (χ3n) is 11.3. The van der Waals surface area contributed by atoms with Crippen LogP contribution in [-0.4, -0.2) is 62.7 Å². The van der Waals surface area contributed by atoms with Gasteiger partial charge in [-0.25, -0.2) is 0 Å². The molecule has 13 nitrogen and oxygen atoms in total. The zero-order valence-electron chi connectivity index (χ0n) is 32.8. The molecule has 0 saturated heterocycles. The fraction of sp³-hybridized carbons (Fsp3) is 0.213. The van der Waals surface area contributed by atoms with E-state index in [1.807, 2.05) is 109 Å². The van der Waals surface area contributed by atoms with Crippen molar-refractivity contribution in [2.45, 2.75) is 38.0 Å². The summed E-state index contributed by atoms with van der Waals surface area (Å²) in [7, 11) is 0. The van der Waals surface area contributed by atoms with Crippen LogP contribution >= 0.6 is 0 Å². The summed E-state index contributed by atoms with van der Waals surface area (Å²) in [6.07, 6.45) is 6.08. The number of hydrogen-bond acceptors (Lipinski definition) is 9. The van der Waals surface area contributed by atoms with Gasteiger partial charge in [-0.15, -0.1) is 5.10 Å². The Morgan fingerprint density at radius 2 is 1.42 bits per heavy atom. The summed E-state index contributed by atoms with van der Waals surface area (Å²) in [5, 5.41) is 31.4. The number of benzene rings is 5. The molecule has 5 aromatic carbocycles. The van der Waals surface area contributed by atoms with Gasteiger partial charge < -0.3 is 24.6 Å². The van der Waals surface area contributed by atoms with Crippen molar-refractivity contribution >= 4 is 46.2 Å². The lowest BCUT2D eigenvalue weighted by Crippen LogP contribution is -2.44. The van der Waals surface area contributed by atoms with Crippen LogP contribution in [0.3, 0.4) is 0 Å². The Kier molecular flexibility index (Phi) is 10.2. The normalized spacial score (nSPS) is 18.2. The van der Waals surface area contributed by atoms with Crippen molar-refractivity contribution in [3.8, 4) is 11.5 Å². The molecule has 4 heterocycles. The average molecular weight is 803 g/mol. The first-order valence-corrected chi connectivity index (χ1v) is 19.8. The number of para-hydroxylation sites is 4. The second-order valence-electron chi connectivity index (χ2n) is 15.1. The van der Waals surface area contributed by atoms with Crippen LogP contribution in [0.4, 0.5) is 28.4 Å². The number of ether oxygens (including phenoxy) is 2. The number of aliphatic hydroxyl groups is 2. The number of amides is 3. The van der Waals surface area contributed by atoms with E-state index in [0.717, 1.165) is 11.1 Å². The zero-order chi connectivity index (χ0) is 41.4. The summed E-state index contributed by atoms with van der Waals surface area (Å²) in [6, 6.07) is 36.9. The standard InChI is InChI=1S/C47H42N6O7/c1-31(12-9-10-23-50-27-38(48-49-50)36(28-54)33-14-3-2-4-15-33)47(58)37-25-35(53-41-18-6-8-20-43(41)60-30-45(53)56)21-22-39(37)51(46(47)57)26-32-13-11-16-34(24-32)52-40-17-5-7-19-42(40)59-29-44(52)55/h2-9,11-22,24-25,27,31,36,54,58H,10,23,26,28-30H2,1H3/b12-9+/t31-,36?,47+/m1/s1. The number of aryl methyl sites for hydroxylation is 1. The van der Waals surface area contributed by atoms with Crippen LogP contribution in [0, 0.1) is 5.92 Å². The van der Waals surface area contributed by atoms with E-state index in [4.69, 9.17) is 9.47 Å². The SMILES string of the molecule is C[C@H](/C=C/CCn1cc(C(CO)c2ccccc2)nn1)[C@@]1(O)C(=O)N(Cc2cccc(N3C(=O)COc4ccccc43)c2)c2ccc(N3C(=O)COc4ccccc43)cc21. The number of rotatable bonds is 12. The second-order valence-corrected chi connectivity index (χ2v) is 15.1. The summed E-state index contributed by atoms with van der Waals surface area (Å²) in [5.41, 5.74) is 3.51. The molecule has 0 fully saturated rings. The Morgan fingerprint density at radius 3 is 2.10 bits per heavy atom. The molecule has 9 rings (SSSR count). The Morgan fingerprint density at radius 1 is 0.767 bits per heavy atom. The summed E-state index contributed by atoms with van der Waals surface area (Å²) in [6.45, 7) is 2.01. The minimum Gasteiger partial charge on any atom is -0.482 e. The lowest BCUT2D eigenvalue weighted by Gasteiger charge is -2.31. The summed E-state index contributed by atoms with van der Waals surface area (Å²) < 4.78 is 13.1. The van der Waals surface area contributed by atoms with Gasteiger partial charge in [0.1, 0.15) is 11.5 Å². The lowest BCUT2D eigenvalue weighted by molar-refractivity contribution is -0.139. The molecule has 1 aromatic heterocycles. The number of fused-ring (bicyclic) bond motifs is 3. The van der Waals surface area contributed by atoms with Gasteiger partial charge in [-0.1, -0.05) is 91.0 Å². The van der Waals surface area contributed by atoms with E-state index >= 15 is 0 Å². The molecule has 0 aliphatic carbocycles. The molecule has 0 bridgehead atoms. The van der Waals surface area contributed by atoms with Gasteiger partial charge in [0.15, 0.2) is 18.8 Å². The molecule has 2 N–H and O–H groups in total. The van der Waals surface area contributed by atoms with E-state index in [0.29, 0.717) is 64.2 Å². The second kappa shape index (κ2) is 15.9. The van der Waals surface area contributed by atoms with E-state index in [9.17, 15) is 24.6 Å². The number of allylic oxidation sites excluding steroid dienone is 1. The highest BCUT2D eigenvalue weighted by Crippen LogP contribution is 2.49. The van der Waals surface area contributed by atoms with Gasteiger partial charge in [0.25, 0.3) is 17.7 Å². The highest BCUT2D eigenvalue weighted by Gasteiger charge is 2.53. The molecule has 3 aliphatic rings. The van der Waals surface area contributed by atoms with Gasteiger partial charge in [-0.3, -0.25) is 28.9 Å². The Labute approximate surface area is 346 Å². The van der Waals surface area contributed by atoms with Crippen LogP contribution in [0.25, 0.3) is 0 Å². The molecule has 0 radical (unpaired) electrons. The van der Waals surface area contributed by atoms with Crippen LogP contribution in [0.15, 0.2) is 140 Å². The van der Waals surface area contributed by atoms with Crippen molar-refractivity contribution in [1.29, 1.82) is 0 Å². The quantitative estimate of drug-likeness (QED) is 0.132. The number of nitrogens with zero attached hydrogens (tertiary/aromatic N) is 6. The largest absolute Gasteiger partial charge is 0.482 e. The third-order valence-corrected chi connectivity index (χ3v) is 11.3. The minimum absolute atomic E-state index is 0.101. The van der Waals surface area contributed by atoms with Crippen molar-refractivity contribution < 1.29 is 34.1 Å². The van der Waals surface area contributed by atoms with Gasteiger partial charge in [-0.2, -0.15) is 0 Å². The van der Waals surface area contributed by atoms with Crippen LogP contribution < -0.4 is 24.2 Å². The van der Waals surface area contributed by atoms with Crippen LogP contribution in [0.1, 0.15) is 41.6 Å². The minimum atomic E-state index is -2.00. The van der Waals surface area contributed by atoms with Gasteiger partial charge in [-0.05, 0) is 72.1 Å². The van der Waals surface area contributed by atoms with Gasteiger partial charge in [0.05, 0.1) is 41.8 Å². The summed E-state index contributed by atoms with van der Waals surface area (Å²) in [5.74, 6) is -0.874. The number of anilines is 5. The van der Waals surface area contributed by atoms with Gasteiger partial charge >= 0.3 is 0 Å². The number of aliphatic hydroxyl groups excluding tert-OH is 1. The van der Waals surface area contributed by atoms with Crippen LogP contribution in [-0.2, 0) is 33.1 Å². The molecule has 302 valence electrons. The van der Waals surface area contributed by atoms with E-state index in [1.54, 1.807) is 56.6 Å². The topological polar surface area (TPSA) is 151 Å². The molecule has 0 spiro atoms. The highest BCUT2D eigenvalue weighted by atomic mass is 16.5. The molecule has 1 unspecified atom stereocenters. The van der Waals surface area contributed by atoms with Crippen molar-refractivity contribution in [3.05, 3.63) is 162 Å². The van der Waals surface area contributed by atoms with E-state index in [2.05, 4.69) is 10.3 Å². The Bertz CT molecular complexity index is 2630. The smallest absolute Gasteiger partial charge is 0.269 e. The molecule has 3 amide bonds. The molecule has 13 heteroatoms. The number of aromatic nitrogens is 3. The highest BCUT2D eigenvalue weighted by molar-refractivity contribution is 6.09. The average Bonchev–Trinajstić information content (AvgIpc) is 3.82. The molecular formula is C47H42N6O7. The molecule has 60 heavy (non-hydrogen) atoms. The van der Waals surface area contributed by atoms with Crippen LogP contribution in [0.2, 0.25) is 0 Å².